The lowest BCUT2D eigenvalue weighted by atomic mass is 10.1. The number of aryl methyl sites for hydroxylation is 2. The Hall–Kier alpha value is -3.02. The molecule has 5 rings (SSSR count). The van der Waals surface area contributed by atoms with Crippen LogP contribution in [0, 0.1) is 0 Å². The zero-order valence-corrected chi connectivity index (χ0v) is 15.0. The first kappa shape index (κ1) is 16.2. The lowest BCUT2D eigenvalue weighted by Gasteiger charge is -2.22. The zero-order valence-electron chi connectivity index (χ0n) is 15.0. The smallest absolute Gasteiger partial charge is 0.254 e. The maximum absolute atomic E-state index is 13.1. The number of pyridine rings is 1. The van der Waals surface area contributed by atoms with Crippen LogP contribution >= 0.6 is 0 Å². The monoisotopic (exact) mass is 360 g/mol. The van der Waals surface area contributed by atoms with Crippen LogP contribution in [0.15, 0.2) is 47.1 Å². The Balaban J connectivity index is 1.41. The molecule has 1 aromatic carbocycles. The molecule has 1 amide bonds. The molecule has 2 aliphatic rings. The third kappa shape index (κ3) is 2.91. The van der Waals surface area contributed by atoms with Gasteiger partial charge >= 0.3 is 0 Å². The van der Waals surface area contributed by atoms with E-state index in [1.165, 1.54) is 17.5 Å². The van der Waals surface area contributed by atoms with Gasteiger partial charge in [0.05, 0.1) is 0 Å². The van der Waals surface area contributed by atoms with E-state index in [2.05, 4.69) is 27.3 Å². The van der Waals surface area contributed by atoms with Crippen LogP contribution in [0.1, 0.15) is 52.7 Å². The van der Waals surface area contributed by atoms with Gasteiger partial charge in [-0.1, -0.05) is 17.3 Å². The van der Waals surface area contributed by atoms with Crippen LogP contribution in [0.5, 0.6) is 0 Å². The van der Waals surface area contributed by atoms with Crippen molar-refractivity contribution in [3.63, 3.8) is 0 Å². The van der Waals surface area contributed by atoms with Gasteiger partial charge in [0.25, 0.3) is 5.91 Å². The molecule has 0 unspecified atom stereocenters. The van der Waals surface area contributed by atoms with Gasteiger partial charge in [-0.05, 0) is 67.5 Å². The van der Waals surface area contributed by atoms with Crippen LogP contribution in [0.25, 0.3) is 11.5 Å². The van der Waals surface area contributed by atoms with Crippen molar-refractivity contribution in [2.75, 3.05) is 6.54 Å². The molecule has 0 radical (unpaired) electrons. The highest BCUT2D eigenvalue weighted by atomic mass is 16.5. The number of amides is 1. The summed E-state index contributed by atoms with van der Waals surface area (Å²) in [4.78, 5) is 23.8. The number of nitrogens with zero attached hydrogens (tertiary/aromatic N) is 4. The standard InChI is InChI=1S/C21H20N4O2/c26-21(16-10-9-14-5-3-6-15(14)13-16)25-12-4-8-18(25)20-23-19(24-27-20)17-7-1-2-11-22-17/h1-2,7,9-11,13,18H,3-6,8,12H2/t18-/m1/s1. The van der Waals surface area contributed by atoms with E-state index in [1.54, 1.807) is 6.20 Å². The van der Waals surface area contributed by atoms with Gasteiger partial charge in [-0.25, -0.2) is 0 Å². The van der Waals surface area contributed by atoms with Gasteiger partial charge in [-0.15, -0.1) is 0 Å². The molecule has 6 nitrogen and oxygen atoms in total. The molecule has 1 atom stereocenters. The van der Waals surface area contributed by atoms with Crippen LogP contribution in [0.4, 0.5) is 0 Å². The van der Waals surface area contributed by atoms with Crippen LogP contribution < -0.4 is 0 Å². The van der Waals surface area contributed by atoms with E-state index in [-0.39, 0.29) is 11.9 Å². The molecule has 0 spiro atoms. The molecule has 0 N–H and O–H groups in total. The minimum absolute atomic E-state index is 0.0461. The fourth-order valence-electron chi connectivity index (χ4n) is 4.11. The van der Waals surface area contributed by atoms with E-state index >= 15 is 0 Å². The quantitative estimate of drug-likeness (QED) is 0.714. The van der Waals surface area contributed by atoms with Crippen molar-refractivity contribution in [3.8, 4) is 11.5 Å². The largest absolute Gasteiger partial charge is 0.337 e. The number of carbonyl (C=O) groups excluding carboxylic acids is 1. The van der Waals surface area contributed by atoms with Gasteiger partial charge in [-0.3, -0.25) is 9.78 Å². The number of benzene rings is 1. The van der Waals surface area contributed by atoms with Crippen LogP contribution in [-0.2, 0) is 12.8 Å². The summed E-state index contributed by atoms with van der Waals surface area (Å²) in [5.74, 6) is 0.995. The topological polar surface area (TPSA) is 72.1 Å². The fourth-order valence-corrected chi connectivity index (χ4v) is 4.11. The van der Waals surface area contributed by atoms with E-state index in [0.717, 1.165) is 31.2 Å². The van der Waals surface area contributed by atoms with E-state index in [0.29, 0.717) is 24.0 Å². The Bertz CT molecular complexity index is 983. The summed E-state index contributed by atoms with van der Waals surface area (Å²) in [6.45, 7) is 0.710. The van der Waals surface area contributed by atoms with Crippen LogP contribution in [-0.4, -0.2) is 32.5 Å². The summed E-state index contributed by atoms with van der Waals surface area (Å²) in [6.07, 6.45) is 6.83. The van der Waals surface area contributed by atoms with Crippen molar-refractivity contribution >= 4 is 5.91 Å². The van der Waals surface area contributed by atoms with Gasteiger partial charge in [0.1, 0.15) is 11.7 Å². The number of likely N-dealkylation sites (tertiary alicyclic amines) is 1. The second kappa shape index (κ2) is 6.61. The minimum Gasteiger partial charge on any atom is -0.337 e. The first-order valence-electron chi connectivity index (χ1n) is 9.47. The molecular formula is C21H20N4O2. The van der Waals surface area contributed by atoms with Gasteiger partial charge in [0, 0.05) is 18.3 Å². The maximum atomic E-state index is 13.1. The summed E-state index contributed by atoms with van der Waals surface area (Å²) in [5.41, 5.74) is 4.11. The van der Waals surface area contributed by atoms with E-state index in [4.69, 9.17) is 4.52 Å². The Morgan fingerprint density at radius 1 is 1.11 bits per heavy atom. The molecule has 1 saturated heterocycles. The summed E-state index contributed by atoms with van der Waals surface area (Å²) >= 11 is 0. The molecule has 2 aromatic heterocycles. The van der Waals surface area contributed by atoms with Gasteiger partial charge in [0.2, 0.25) is 11.7 Å². The van der Waals surface area contributed by atoms with Crippen molar-refractivity contribution < 1.29 is 9.32 Å². The first-order chi connectivity index (χ1) is 13.3. The van der Waals surface area contributed by atoms with Crippen molar-refractivity contribution in [1.29, 1.82) is 0 Å². The number of rotatable bonds is 3. The zero-order chi connectivity index (χ0) is 18.2. The highest BCUT2D eigenvalue weighted by Crippen LogP contribution is 2.33. The van der Waals surface area contributed by atoms with E-state index in [9.17, 15) is 4.79 Å². The molecule has 3 aromatic rings. The summed E-state index contributed by atoms with van der Waals surface area (Å²) in [7, 11) is 0. The Morgan fingerprint density at radius 3 is 2.93 bits per heavy atom. The molecule has 136 valence electrons. The Morgan fingerprint density at radius 2 is 2.04 bits per heavy atom. The normalized spacial score (nSPS) is 18.7. The number of carbonyl (C=O) groups is 1. The Kier molecular flexibility index (Phi) is 3.96. The maximum Gasteiger partial charge on any atom is 0.254 e. The van der Waals surface area contributed by atoms with Crippen LogP contribution in [0.2, 0.25) is 0 Å². The predicted octanol–water partition coefficient (Wildman–Crippen LogP) is 3.60. The molecule has 1 aliphatic heterocycles. The molecule has 6 heteroatoms. The summed E-state index contributed by atoms with van der Waals surface area (Å²) < 4.78 is 5.50. The third-order valence-electron chi connectivity index (χ3n) is 5.48. The summed E-state index contributed by atoms with van der Waals surface area (Å²) in [5, 5.41) is 4.06. The molecule has 1 fully saturated rings. The average molecular weight is 360 g/mol. The van der Waals surface area contributed by atoms with E-state index in [1.807, 2.05) is 29.2 Å². The molecular weight excluding hydrogens is 340 g/mol. The lowest BCUT2D eigenvalue weighted by molar-refractivity contribution is 0.0710. The third-order valence-corrected chi connectivity index (χ3v) is 5.48. The second-order valence-electron chi connectivity index (χ2n) is 7.16. The van der Waals surface area contributed by atoms with Crippen molar-refractivity contribution in [2.24, 2.45) is 0 Å². The highest BCUT2D eigenvalue weighted by Gasteiger charge is 2.35. The average Bonchev–Trinajstić information content (AvgIpc) is 3.47. The second-order valence-corrected chi connectivity index (χ2v) is 7.16. The fraction of sp³-hybridized carbons (Fsp3) is 0.333. The van der Waals surface area contributed by atoms with Crippen molar-refractivity contribution in [2.45, 2.75) is 38.1 Å². The molecule has 3 heterocycles. The summed E-state index contributed by atoms with van der Waals surface area (Å²) in [6, 6.07) is 11.5. The molecule has 27 heavy (non-hydrogen) atoms. The van der Waals surface area contributed by atoms with Crippen molar-refractivity contribution in [1.82, 2.24) is 20.0 Å². The van der Waals surface area contributed by atoms with Gasteiger partial charge in [-0.2, -0.15) is 4.98 Å². The number of hydrogen-bond acceptors (Lipinski definition) is 5. The first-order valence-corrected chi connectivity index (χ1v) is 9.47. The van der Waals surface area contributed by atoms with Gasteiger partial charge < -0.3 is 9.42 Å². The molecule has 0 bridgehead atoms. The lowest BCUT2D eigenvalue weighted by Crippen LogP contribution is -2.30. The highest BCUT2D eigenvalue weighted by molar-refractivity contribution is 5.95. The Labute approximate surface area is 157 Å². The SMILES string of the molecule is O=C(c1ccc2c(c1)CCC2)N1CCC[C@@H]1c1nc(-c2ccccn2)no1. The minimum atomic E-state index is -0.171. The van der Waals surface area contributed by atoms with Crippen LogP contribution in [0.3, 0.4) is 0 Å². The number of hydrogen-bond donors (Lipinski definition) is 0. The van der Waals surface area contributed by atoms with E-state index < -0.39 is 0 Å². The molecule has 1 aliphatic carbocycles. The number of fused-ring (bicyclic) bond motifs is 1. The molecule has 0 saturated carbocycles. The number of aromatic nitrogens is 3. The van der Waals surface area contributed by atoms with Crippen molar-refractivity contribution in [3.05, 3.63) is 65.2 Å². The van der Waals surface area contributed by atoms with Gasteiger partial charge in [0.15, 0.2) is 0 Å². The predicted molar refractivity (Wildman–Crippen MR) is 99.0 cm³/mol.